The van der Waals surface area contributed by atoms with Gasteiger partial charge < -0.3 is 19.1 Å². The lowest BCUT2D eigenvalue weighted by Crippen LogP contribution is -2.14. The van der Waals surface area contributed by atoms with E-state index in [4.69, 9.17) is 14.2 Å². The molecule has 6 rings (SSSR count). The zero-order valence-electron chi connectivity index (χ0n) is 46.4. The summed E-state index contributed by atoms with van der Waals surface area (Å²) in [7, 11) is 0. The van der Waals surface area contributed by atoms with Crippen molar-refractivity contribution in [2.45, 2.75) is 119 Å². The SMILES string of the molecule is CCCCC(CC)COC(=O)/C(C#N)=C\c1ccc(-c2ccc(N(c3ccc(-c4ccc(/C=C(\C#N)C(=O)OCC(CC)CCCC)s4)cc3)c3ccc(-c4ccc(/C=C(\C#N)C(=O)OCC(CC)CCCC)s4)cc3)cc2)s1. The van der Waals surface area contributed by atoms with Crippen LogP contribution in [0.1, 0.15) is 133 Å². The monoisotopic (exact) mass is 1110 g/mol. The Kier molecular flexibility index (Phi) is 24.6. The smallest absolute Gasteiger partial charge is 0.348 e. The molecule has 410 valence electrons. The maximum atomic E-state index is 13.0. The van der Waals surface area contributed by atoms with Gasteiger partial charge in [0.25, 0.3) is 0 Å². The summed E-state index contributed by atoms with van der Waals surface area (Å²) in [6, 6.07) is 42.6. The van der Waals surface area contributed by atoms with Crippen LogP contribution in [-0.4, -0.2) is 37.7 Å². The largest absolute Gasteiger partial charge is 0.461 e. The lowest BCUT2D eigenvalue weighted by Gasteiger charge is -2.26. The van der Waals surface area contributed by atoms with Crippen LogP contribution in [0.5, 0.6) is 0 Å². The summed E-state index contributed by atoms with van der Waals surface area (Å²) in [4.78, 5) is 46.3. The van der Waals surface area contributed by atoms with Gasteiger partial charge in [0.1, 0.15) is 34.9 Å². The summed E-state index contributed by atoms with van der Waals surface area (Å²) >= 11 is 4.46. The van der Waals surface area contributed by atoms with Gasteiger partial charge in [0.2, 0.25) is 0 Å². The number of thiophene rings is 3. The Hall–Kier alpha value is -7.34. The van der Waals surface area contributed by atoms with E-state index < -0.39 is 17.9 Å². The van der Waals surface area contributed by atoms with E-state index in [-0.39, 0.29) is 34.5 Å². The number of carbonyl (C=O) groups is 3. The highest BCUT2D eigenvalue weighted by molar-refractivity contribution is 7.17. The van der Waals surface area contributed by atoms with Gasteiger partial charge in [0, 0.05) is 46.3 Å². The molecule has 0 amide bonds. The van der Waals surface area contributed by atoms with Crippen molar-refractivity contribution in [3.63, 3.8) is 0 Å². The predicted molar refractivity (Wildman–Crippen MR) is 325 cm³/mol. The Labute approximate surface area is 479 Å². The maximum absolute atomic E-state index is 13.0. The first-order valence-electron chi connectivity index (χ1n) is 27.8. The highest BCUT2D eigenvalue weighted by atomic mass is 32.1. The van der Waals surface area contributed by atoms with E-state index in [2.05, 4.69) is 119 Å². The fraction of sp³-hybridized carbons (Fsp3) is 0.364. The number of esters is 3. The minimum Gasteiger partial charge on any atom is -0.461 e. The molecule has 3 unspecified atom stereocenters. The number of ether oxygens (including phenoxy) is 3. The molecule has 0 aliphatic heterocycles. The van der Waals surface area contributed by atoms with Crippen molar-refractivity contribution in [3.05, 3.63) is 141 Å². The third-order valence-corrected chi connectivity index (χ3v) is 17.2. The lowest BCUT2D eigenvalue weighted by atomic mass is 10.0. The Balaban J connectivity index is 1.25. The van der Waals surface area contributed by atoms with Gasteiger partial charge in [-0.2, -0.15) is 15.8 Å². The molecular formula is C66H72N4O6S3. The number of hydrogen-bond acceptors (Lipinski definition) is 13. The van der Waals surface area contributed by atoms with E-state index in [1.165, 1.54) is 34.0 Å². The normalized spacial score (nSPS) is 12.9. The number of rotatable bonds is 30. The van der Waals surface area contributed by atoms with Gasteiger partial charge in [0.05, 0.1) is 19.8 Å². The summed E-state index contributed by atoms with van der Waals surface area (Å²) < 4.78 is 16.8. The maximum Gasteiger partial charge on any atom is 0.348 e. The number of nitrogens with zero attached hydrogens (tertiary/aromatic N) is 4. The molecule has 0 spiro atoms. The quantitative estimate of drug-likeness (QED) is 0.0184. The van der Waals surface area contributed by atoms with Crippen LogP contribution in [-0.2, 0) is 28.6 Å². The molecule has 13 heteroatoms. The Morgan fingerprint density at radius 1 is 0.430 bits per heavy atom. The first-order chi connectivity index (χ1) is 38.5. The number of benzene rings is 3. The first kappa shape index (κ1) is 60.9. The molecule has 3 atom stereocenters. The van der Waals surface area contributed by atoms with Gasteiger partial charge in [-0.05, 0) is 145 Å². The van der Waals surface area contributed by atoms with Crippen LogP contribution < -0.4 is 4.90 Å². The molecule has 0 bridgehead atoms. The number of hydrogen-bond donors (Lipinski definition) is 0. The zero-order chi connectivity index (χ0) is 56.5. The highest BCUT2D eigenvalue weighted by Crippen LogP contribution is 2.40. The molecule has 3 heterocycles. The number of unbranched alkanes of at least 4 members (excludes halogenated alkanes) is 3. The molecule has 0 saturated heterocycles. The van der Waals surface area contributed by atoms with E-state index in [1.54, 1.807) is 18.2 Å². The molecule has 3 aromatic heterocycles. The second-order valence-corrected chi connectivity index (χ2v) is 23.0. The van der Waals surface area contributed by atoms with E-state index in [9.17, 15) is 30.2 Å². The van der Waals surface area contributed by atoms with Gasteiger partial charge in [-0.1, -0.05) is 136 Å². The molecule has 3 aromatic carbocycles. The van der Waals surface area contributed by atoms with E-state index in [0.29, 0.717) is 19.8 Å². The molecule has 10 nitrogen and oxygen atoms in total. The average Bonchev–Trinajstić information content (AvgIpc) is 4.30. The Bertz CT molecular complexity index is 2820. The van der Waals surface area contributed by atoms with Crippen LogP contribution in [0.2, 0.25) is 0 Å². The molecule has 0 aliphatic carbocycles. The van der Waals surface area contributed by atoms with Gasteiger partial charge >= 0.3 is 17.9 Å². The van der Waals surface area contributed by atoms with Gasteiger partial charge in [0.15, 0.2) is 0 Å². The van der Waals surface area contributed by atoms with Crippen LogP contribution in [0.3, 0.4) is 0 Å². The second-order valence-electron chi connectivity index (χ2n) is 19.6. The summed E-state index contributed by atoms with van der Waals surface area (Å²) in [5.41, 5.74) is 5.57. The minimum absolute atomic E-state index is 0.0262. The van der Waals surface area contributed by atoms with Crippen LogP contribution in [0, 0.1) is 51.7 Å². The average molecular weight is 1110 g/mol. The third kappa shape index (κ3) is 17.8. The highest BCUT2D eigenvalue weighted by Gasteiger charge is 2.20. The standard InChI is InChI=1S/C66H72N4O6S3/c1-7-13-16-46(10-4)43-74-64(71)52(40-67)37-58-31-34-61(77-58)49-19-25-55(26-20-49)70(56-27-21-50(22-28-56)62-35-32-59(78-62)38-53(41-68)65(72)75-44-47(11-5)17-14-8-2)57-29-23-51(24-30-57)63-36-33-60(79-63)39-54(42-69)66(73)76-45-48(12-6)18-15-9-3/h19-39,46-48H,7-18,43-45H2,1-6H3/b52-37-,53-38+,54-39+. The van der Waals surface area contributed by atoms with Crippen LogP contribution in [0.15, 0.2) is 126 Å². The molecule has 79 heavy (non-hydrogen) atoms. The van der Waals surface area contributed by atoms with Crippen molar-refractivity contribution in [1.82, 2.24) is 0 Å². The minimum atomic E-state index is -0.601. The van der Waals surface area contributed by atoms with Gasteiger partial charge in [-0.15, -0.1) is 34.0 Å². The third-order valence-electron chi connectivity index (χ3n) is 14.0. The van der Waals surface area contributed by atoms with Crippen LogP contribution in [0.25, 0.3) is 49.5 Å². The van der Waals surface area contributed by atoms with Crippen molar-refractivity contribution >= 4 is 87.2 Å². The Morgan fingerprint density at radius 2 is 0.696 bits per heavy atom. The summed E-state index contributed by atoms with van der Waals surface area (Å²) in [5.74, 6) is -0.984. The predicted octanol–water partition coefficient (Wildman–Crippen LogP) is 18.3. The van der Waals surface area contributed by atoms with E-state index in [1.807, 2.05) is 54.6 Å². The molecule has 0 fully saturated rings. The molecule has 0 saturated carbocycles. The van der Waals surface area contributed by atoms with Gasteiger partial charge in [-0.25, -0.2) is 14.4 Å². The van der Waals surface area contributed by atoms with Crippen molar-refractivity contribution < 1.29 is 28.6 Å². The molecular weight excluding hydrogens is 1040 g/mol. The van der Waals surface area contributed by atoms with E-state index in [0.717, 1.165) is 140 Å². The van der Waals surface area contributed by atoms with Crippen molar-refractivity contribution in [1.29, 1.82) is 15.8 Å². The number of anilines is 3. The molecule has 0 N–H and O–H groups in total. The van der Waals surface area contributed by atoms with E-state index >= 15 is 0 Å². The summed E-state index contributed by atoms with van der Waals surface area (Å²) in [6.07, 6.45) is 16.9. The zero-order valence-corrected chi connectivity index (χ0v) is 48.9. The van der Waals surface area contributed by atoms with Crippen molar-refractivity contribution in [2.24, 2.45) is 17.8 Å². The summed E-state index contributed by atoms with van der Waals surface area (Å²) in [5, 5.41) is 29.7. The Morgan fingerprint density at radius 3 is 0.924 bits per heavy atom. The number of nitriles is 3. The molecule has 0 radical (unpaired) electrons. The molecule has 6 aromatic rings. The molecule has 0 aliphatic rings. The summed E-state index contributed by atoms with van der Waals surface area (Å²) in [6.45, 7) is 13.6. The lowest BCUT2D eigenvalue weighted by molar-refractivity contribution is -0.140. The van der Waals surface area contributed by atoms with Crippen LogP contribution in [0.4, 0.5) is 17.1 Å². The topological polar surface area (TPSA) is 154 Å². The van der Waals surface area contributed by atoms with Gasteiger partial charge in [-0.3, -0.25) is 0 Å². The van der Waals surface area contributed by atoms with Crippen molar-refractivity contribution in [3.8, 4) is 49.5 Å². The second kappa shape index (κ2) is 31.9. The fourth-order valence-corrected chi connectivity index (χ4v) is 11.7. The number of carbonyl (C=O) groups excluding carboxylic acids is 3. The van der Waals surface area contributed by atoms with Crippen molar-refractivity contribution in [2.75, 3.05) is 24.7 Å². The van der Waals surface area contributed by atoms with Crippen LogP contribution >= 0.6 is 34.0 Å². The fourth-order valence-electron chi connectivity index (χ4n) is 8.87. The first-order valence-corrected chi connectivity index (χ1v) is 30.2.